The van der Waals surface area contributed by atoms with Crippen molar-refractivity contribution in [3.8, 4) is 0 Å². The van der Waals surface area contributed by atoms with Crippen molar-refractivity contribution in [2.24, 2.45) is 0 Å². The van der Waals surface area contributed by atoms with Crippen LogP contribution in [0.5, 0.6) is 0 Å². The topological polar surface area (TPSA) is 34.1 Å². The van der Waals surface area contributed by atoms with E-state index in [1.807, 2.05) is 13.8 Å². The summed E-state index contributed by atoms with van der Waals surface area (Å²) in [6.45, 7) is 4.01. The largest absolute Gasteiger partial charge is 0.220 e. The van der Waals surface area contributed by atoms with Gasteiger partial charge in [-0.2, -0.15) is 0 Å². The SMILES string of the molecule is Cc1sc(C)c2c1C=CS(=O)(=O)C=C2. The third-order valence-electron chi connectivity index (χ3n) is 2.20. The molecule has 74 valence electrons. The summed E-state index contributed by atoms with van der Waals surface area (Å²) >= 11 is 1.70. The van der Waals surface area contributed by atoms with E-state index in [9.17, 15) is 8.42 Å². The Morgan fingerprint density at radius 2 is 1.43 bits per heavy atom. The molecular formula is C10H10O2S2. The van der Waals surface area contributed by atoms with Gasteiger partial charge in [-0.15, -0.1) is 11.3 Å². The first kappa shape index (κ1) is 9.68. The quantitative estimate of drug-likeness (QED) is 0.681. The van der Waals surface area contributed by atoms with Crippen molar-refractivity contribution in [2.75, 3.05) is 0 Å². The van der Waals surface area contributed by atoms with Crippen LogP contribution in [-0.2, 0) is 9.84 Å². The Bertz CT molecular complexity index is 490. The maximum Gasteiger partial charge on any atom is 0.193 e. The molecule has 0 amide bonds. The van der Waals surface area contributed by atoms with Crippen LogP contribution in [0.25, 0.3) is 12.2 Å². The average molecular weight is 226 g/mol. The van der Waals surface area contributed by atoms with E-state index in [1.165, 1.54) is 10.8 Å². The molecule has 0 N–H and O–H groups in total. The van der Waals surface area contributed by atoms with Gasteiger partial charge in [-0.05, 0) is 37.1 Å². The molecule has 2 nitrogen and oxygen atoms in total. The van der Waals surface area contributed by atoms with Gasteiger partial charge in [-0.25, -0.2) is 8.42 Å². The van der Waals surface area contributed by atoms with Crippen molar-refractivity contribution in [3.05, 3.63) is 31.7 Å². The minimum Gasteiger partial charge on any atom is -0.220 e. The van der Waals surface area contributed by atoms with Gasteiger partial charge in [0.25, 0.3) is 0 Å². The molecule has 4 heteroatoms. The van der Waals surface area contributed by atoms with Crippen LogP contribution in [0.2, 0.25) is 0 Å². The molecule has 0 saturated heterocycles. The zero-order valence-electron chi connectivity index (χ0n) is 7.94. The second-order valence-corrected chi connectivity index (χ2v) is 6.39. The summed E-state index contributed by atoms with van der Waals surface area (Å²) in [6, 6.07) is 0. The van der Waals surface area contributed by atoms with E-state index in [-0.39, 0.29) is 0 Å². The van der Waals surface area contributed by atoms with E-state index in [1.54, 1.807) is 23.5 Å². The molecule has 1 aliphatic heterocycles. The third kappa shape index (κ3) is 1.55. The average Bonchev–Trinajstić information content (AvgIpc) is 2.26. The predicted molar refractivity (Wildman–Crippen MR) is 60.8 cm³/mol. The van der Waals surface area contributed by atoms with Crippen LogP contribution < -0.4 is 0 Å². The van der Waals surface area contributed by atoms with Gasteiger partial charge in [-0.3, -0.25) is 0 Å². The zero-order valence-corrected chi connectivity index (χ0v) is 9.58. The van der Waals surface area contributed by atoms with E-state index in [2.05, 4.69) is 0 Å². The van der Waals surface area contributed by atoms with Crippen LogP contribution in [0, 0.1) is 13.8 Å². The van der Waals surface area contributed by atoms with Crippen molar-refractivity contribution < 1.29 is 8.42 Å². The number of hydrogen-bond acceptors (Lipinski definition) is 3. The van der Waals surface area contributed by atoms with Crippen LogP contribution in [0.1, 0.15) is 20.9 Å². The zero-order chi connectivity index (χ0) is 10.3. The second-order valence-electron chi connectivity index (χ2n) is 3.24. The summed E-state index contributed by atoms with van der Waals surface area (Å²) in [5.74, 6) is 0. The fraction of sp³-hybridized carbons (Fsp3) is 0.200. The second kappa shape index (κ2) is 3.07. The molecule has 0 unspecified atom stereocenters. The molecule has 1 aliphatic rings. The standard InChI is InChI=1S/C10H10O2S2/c1-7-9-3-5-14(11,12)6-4-10(9)8(2)13-7/h3-6H,1-2H3. The highest BCUT2D eigenvalue weighted by Crippen LogP contribution is 2.31. The predicted octanol–water partition coefficient (Wildman–Crippen LogP) is 2.73. The van der Waals surface area contributed by atoms with Crippen LogP contribution in [-0.4, -0.2) is 8.42 Å². The lowest BCUT2D eigenvalue weighted by atomic mass is 10.1. The molecule has 0 atom stereocenters. The van der Waals surface area contributed by atoms with E-state index in [0.29, 0.717) is 0 Å². The smallest absolute Gasteiger partial charge is 0.193 e. The summed E-state index contributed by atoms with van der Waals surface area (Å²) in [7, 11) is -3.15. The monoisotopic (exact) mass is 226 g/mol. The molecule has 0 aliphatic carbocycles. The molecule has 2 heterocycles. The van der Waals surface area contributed by atoms with Gasteiger partial charge in [0, 0.05) is 20.6 Å². The summed E-state index contributed by atoms with van der Waals surface area (Å²) in [5.41, 5.74) is 2.06. The normalized spacial score (nSPS) is 17.9. The molecule has 0 spiro atoms. The van der Waals surface area contributed by atoms with Crippen LogP contribution in [0.15, 0.2) is 10.8 Å². The Hall–Kier alpha value is -0.870. The van der Waals surface area contributed by atoms with Gasteiger partial charge in [-0.1, -0.05) is 0 Å². The first-order valence-electron chi connectivity index (χ1n) is 4.21. The summed E-state index contributed by atoms with van der Waals surface area (Å²) in [5, 5.41) is 2.52. The molecule has 14 heavy (non-hydrogen) atoms. The Balaban J connectivity index is 2.73. The van der Waals surface area contributed by atoms with Gasteiger partial charge in [0.2, 0.25) is 0 Å². The van der Waals surface area contributed by atoms with Crippen molar-refractivity contribution in [2.45, 2.75) is 13.8 Å². The molecule has 0 aromatic carbocycles. The van der Waals surface area contributed by atoms with E-state index < -0.39 is 9.84 Å². The van der Waals surface area contributed by atoms with Gasteiger partial charge < -0.3 is 0 Å². The highest BCUT2D eigenvalue weighted by atomic mass is 32.2. The summed E-state index contributed by atoms with van der Waals surface area (Å²) < 4.78 is 22.6. The fourth-order valence-electron chi connectivity index (χ4n) is 1.50. The Morgan fingerprint density at radius 3 is 1.86 bits per heavy atom. The molecular weight excluding hydrogens is 216 g/mol. The van der Waals surface area contributed by atoms with Crippen LogP contribution in [0.3, 0.4) is 0 Å². The summed E-state index contributed by atoms with van der Waals surface area (Å²) in [4.78, 5) is 2.33. The molecule has 0 fully saturated rings. The maximum absolute atomic E-state index is 11.3. The molecule has 0 bridgehead atoms. The minimum absolute atomic E-state index is 1.03. The molecule has 1 aromatic heterocycles. The van der Waals surface area contributed by atoms with Crippen molar-refractivity contribution in [3.63, 3.8) is 0 Å². The number of sulfone groups is 1. The van der Waals surface area contributed by atoms with E-state index in [0.717, 1.165) is 20.9 Å². The van der Waals surface area contributed by atoms with E-state index >= 15 is 0 Å². The van der Waals surface area contributed by atoms with Gasteiger partial charge in [0.15, 0.2) is 9.84 Å². The lowest BCUT2D eigenvalue weighted by Crippen LogP contribution is -1.84. The molecule has 0 radical (unpaired) electrons. The first-order chi connectivity index (χ1) is 6.49. The van der Waals surface area contributed by atoms with Crippen LogP contribution in [0.4, 0.5) is 0 Å². The fourth-order valence-corrected chi connectivity index (χ4v) is 3.28. The Morgan fingerprint density at radius 1 is 1.00 bits per heavy atom. The van der Waals surface area contributed by atoms with Crippen LogP contribution >= 0.6 is 11.3 Å². The number of thiophene rings is 1. The Labute approximate surface area is 87.5 Å². The molecule has 1 aromatic rings. The first-order valence-corrected chi connectivity index (χ1v) is 6.63. The number of aryl methyl sites for hydroxylation is 2. The van der Waals surface area contributed by atoms with E-state index in [4.69, 9.17) is 0 Å². The lowest BCUT2D eigenvalue weighted by molar-refractivity contribution is 0.613. The van der Waals surface area contributed by atoms with Crippen molar-refractivity contribution >= 4 is 33.3 Å². The van der Waals surface area contributed by atoms with Gasteiger partial charge in [0.05, 0.1) is 0 Å². The highest BCUT2D eigenvalue weighted by Gasteiger charge is 2.13. The lowest BCUT2D eigenvalue weighted by Gasteiger charge is -1.91. The minimum atomic E-state index is -3.15. The van der Waals surface area contributed by atoms with Gasteiger partial charge in [0.1, 0.15) is 0 Å². The van der Waals surface area contributed by atoms with Gasteiger partial charge >= 0.3 is 0 Å². The number of rotatable bonds is 0. The molecule has 0 saturated carbocycles. The van der Waals surface area contributed by atoms with Crippen molar-refractivity contribution in [1.29, 1.82) is 0 Å². The maximum atomic E-state index is 11.3. The number of hydrogen-bond donors (Lipinski definition) is 0. The highest BCUT2D eigenvalue weighted by molar-refractivity contribution is 7.97. The summed E-state index contributed by atoms with van der Waals surface area (Å²) in [6.07, 6.45) is 3.37. The molecule has 2 rings (SSSR count). The Kier molecular flexibility index (Phi) is 2.12. The third-order valence-corrected chi connectivity index (χ3v) is 4.29. The van der Waals surface area contributed by atoms with Crippen molar-refractivity contribution in [1.82, 2.24) is 0 Å². The number of fused-ring (bicyclic) bond motifs is 1.